The van der Waals surface area contributed by atoms with Crippen LogP contribution in [0.1, 0.15) is 11.1 Å². The Bertz CT molecular complexity index is 1050. The number of rotatable bonds is 1. The van der Waals surface area contributed by atoms with Gasteiger partial charge in [-0.25, -0.2) is 4.98 Å². The molecule has 0 radical (unpaired) electrons. The second-order valence-electron chi connectivity index (χ2n) is 6.26. The van der Waals surface area contributed by atoms with Crippen molar-refractivity contribution in [3.05, 3.63) is 72.1 Å². The predicted octanol–water partition coefficient (Wildman–Crippen LogP) is 4.10. The first-order valence-electron chi connectivity index (χ1n) is 8.36. The van der Waals surface area contributed by atoms with Gasteiger partial charge in [0.2, 0.25) is 0 Å². The van der Waals surface area contributed by atoms with Gasteiger partial charge < -0.3 is 5.32 Å². The van der Waals surface area contributed by atoms with Crippen molar-refractivity contribution in [2.24, 2.45) is 0 Å². The van der Waals surface area contributed by atoms with Crippen molar-refractivity contribution in [3.8, 4) is 11.3 Å². The maximum atomic E-state index is 5.04. The predicted molar refractivity (Wildman–Crippen MR) is 97.9 cm³/mol. The quantitative estimate of drug-likeness (QED) is 0.538. The summed E-state index contributed by atoms with van der Waals surface area (Å²) in [4.78, 5) is 9.18. The van der Waals surface area contributed by atoms with E-state index in [9.17, 15) is 0 Å². The lowest BCUT2D eigenvalue weighted by Crippen LogP contribution is -2.25. The third kappa shape index (κ3) is 2.02. The lowest BCUT2D eigenvalue weighted by atomic mass is 9.90. The maximum absolute atomic E-state index is 5.04. The Morgan fingerprint density at radius 2 is 1.75 bits per heavy atom. The van der Waals surface area contributed by atoms with Gasteiger partial charge in [0.15, 0.2) is 0 Å². The van der Waals surface area contributed by atoms with Gasteiger partial charge in [-0.3, -0.25) is 4.98 Å². The highest BCUT2D eigenvalue weighted by Crippen LogP contribution is 2.35. The summed E-state index contributed by atoms with van der Waals surface area (Å²) in [6.07, 6.45) is 4.72. The Kier molecular flexibility index (Phi) is 3.06. The van der Waals surface area contributed by atoms with Gasteiger partial charge in [-0.05, 0) is 53.1 Å². The standard InChI is InChI=1S/C21H17N3/c1-2-4-16-14(3-1)5-6-19-20(16)17-9-12-23-13-18(17)21(24-19)15-7-10-22-11-8-15/h1-8,10-11,23H,9,12-13H2. The first kappa shape index (κ1) is 13.6. The topological polar surface area (TPSA) is 37.8 Å². The minimum atomic E-state index is 0.874. The van der Waals surface area contributed by atoms with Gasteiger partial charge in [0, 0.05) is 29.9 Å². The van der Waals surface area contributed by atoms with Crippen molar-refractivity contribution in [2.45, 2.75) is 13.0 Å². The van der Waals surface area contributed by atoms with Crippen molar-refractivity contribution >= 4 is 21.7 Å². The second-order valence-corrected chi connectivity index (χ2v) is 6.26. The molecule has 1 aliphatic heterocycles. The van der Waals surface area contributed by atoms with Crippen LogP contribution in [0.25, 0.3) is 32.9 Å². The van der Waals surface area contributed by atoms with Gasteiger partial charge in [0.25, 0.3) is 0 Å². The molecular weight excluding hydrogens is 294 g/mol. The zero-order valence-electron chi connectivity index (χ0n) is 13.3. The van der Waals surface area contributed by atoms with Gasteiger partial charge in [-0.15, -0.1) is 0 Å². The Morgan fingerprint density at radius 1 is 0.875 bits per heavy atom. The molecule has 0 atom stereocenters. The van der Waals surface area contributed by atoms with Crippen LogP contribution in [0.4, 0.5) is 0 Å². The van der Waals surface area contributed by atoms with E-state index in [0.717, 1.165) is 36.3 Å². The van der Waals surface area contributed by atoms with Crippen LogP contribution in [-0.2, 0) is 13.0 Å². The smallest absolute Gasteiger partial charge is 0.0758 e. The molecule has 0 amide bonds. The number of aromatic nitrogens is 2. The molecule has 3 heterocycles. The molecule has 0 saturated carbocycles. The zero-order chi connectivity index (χ0) is 15.9. The van der Waals surface area contributed by atoms with Crippen LogP contribution < -0.4 is 5.32 Å². The Morgan fingerprint density at radius 3 is 2.67 bits per heavy atom. The summed E-state index contributed by atoms with van der Waals surface area (Å²) >= 11 is 0. The third-order valence-electron chi connectivity index (χ3n) is 4.90. The van der Waals surface area contributed by atoms with E-state index in [1.807, 2.05) is 24.5 Å². The van der Waals surface area contributed by atoms with E-state index in [2.05, 4.69) is 46.7 Å². The average Bonchev–Trinajstić information content (AvgIpc) is 2.67. The number of nitrogens with zero attached hydrogens (tertiary/aromatic N) is 2. The van der Waals surface area contributed by atoms with E-state index >= 15 is 0 Å². The van der Waals surface area contributed by atoms with E-state index in [4.69, 9.17) is 4.98 Å². The van der Waals surface area contributed by atoms with Crippen LogP contribution in [0.3, 0.4) is 0 Å². The highest BCUT2D eigenvalue weighted by molar-refractivity contribution is 6.09. The molecule has 3 heteroatoms. The van der Waals surface area contributed by atoms with Crippen molar-refractivity contribution in [2.75, 3.05) is 6.54 Å². The highest BCUT2D eigenvalue weighted by Gasteiger charge is 2.20. The summed E-state index contributed by atoms with van der Waals surface area (Å²) in [7, 11) is 0. The summed E-state index contributed by atoms with van der Waals surface area (Å²) in [5.74, 6) is 0. The fourth-order valence-corrected chi connectivity index (χ4v) is 3.79. The molecule has 0 aliphatic carbocycles. The molecule has 0 unspecified atom stereocenters. The fraction of sp³-hybridized carbons (Fsp3) is 0.143. The van der Waals surface area contributed by atoms with E-state index in [1.54, 1.807) is 0 Å². The SMILES string of the molecule is c1ccc2c(c1)ccc1nc(-c3ccncc3)c3c(c12)CCNC3. The molecule has 0 bridgehead atoms. The molecule has 0 fully saturated rings. The van der Waals surface area contributed by atoms with Crippen LogP contribution in [0.15, 0.2) is 60.9 Å². The average molecular weight is 311 g/mol. The third-order valence-corrected chi connectivity index (χ3v) is 4.90. The molecular formula is C21H17N3. The summed E-state index contributed by atoms with van der Waals surface area (Å²) in [5.41, 5.74) is 6.09. The normalized spacial score (nSPS) is 14.0. The molecule has 0 spiro atoms. The molecule has 24 heavy (non-hydrogen) atoms. The van der Waals surface area contributed by atoms with Crippen molar-refractivity contribution < 1.29 is 0 Å². The Labute approximate surface area is 140 Å². The van der Waals surface area contributed by atoms with Gasteiger partial charge in [-0.2, -0.15) is 0 Å². The minimum absolute atomic E-state index is 0.874. The van der Waals surface area contributed by atoms with E-state index < -0.39 is 0 Å². The van der Waals surface area contributed by atoms with E-state index in [1.165, 1.54) is 27.3 Å². The molecule has 1 N–H and O–H groups in total. The summed E-state index contributed by atoms with van der Waals surface area (Å²) in [5, 5.41) is 7.42. The molecule has 2 aromatic carbocycles. The van der Waals surface area contributed by atoms with Crippen molar-refractivity contribution in [1.29, 1.82) is 0 Å². The number of hydrogen-bond acceptors (Lipinski definition) is 3. The van der Waals surface area contributed by atoms with Gasteiger partial charge in [0.1, 0.15) is 0 Å². The van der Waals surface area contributed by atoms with Gasteiger partial charge >= 0.3 is 0 Å². The van der Waals surface area contributed by atoms with Crippen LogP contribution in [0.2, 0.25) is 0 Å². The summed E-state index contributed by atoms with van der Waals surface area (Å²) in [6.45, 7) is 1.89. The zero-order valence-corrected chi connectivity index (χ0v) is 13.3. The van der Waals surface area contributed by atoms with Crippen LogP contribution in [0, 0.1) is 0 Å². The first-order chi connectivity index (χ1) is 11.9. The molecule has 0 saturated heterocycles. The molecule has 4 aromatic rings. The first-order valence-corrected chi connectivity index (χ1v) is 8.36. The van der Waals surface area contributed by atoms with Gasteiger partial charge in [0.05, 0.1) is 11.2 Å². The van der Waals surface area contributed by atoms with Crippen molar-refractivity contribution in [1.82, 2.24) is 15.3 Å². The number of benzene rings is 2. The molecule has 5 rings (SSSR count). The maximum Gasteiger partial charge on any atom is 0.0758 e. The number of pyridine rings is 2. The lowest BCUT2D eigenvalue weighted by molar-refractivity contribution is 0.646. The van der Waals surface area contributed by atoms with Gasteiger partial charge in [-0.1, -0.05) is 30.3 Å². The highest BCUT2D eigenvalue weighted by atomic mass is 14.9. The second kappa shape index (κ2) is 5.39. The summed E-state index contributed by atoms with van der Waals surface area (Å²) < 4.78 is 0. The fourth-order valence-electron chi connectivity index (χ4n) is 3.79. The summed E-state index contributed by atoms with van der Waals surface area (Å²) in [6, 6.07) is 17.0. The van der Waals surface area contributed by atoms with Crippen LogP contribution >= 0.6 is 0 Å². The molecule has 2 aromatic heterocycles. The molecule has 3 nitrogen and oxygen atoms in total. The molecule has 116 valence electrons. The van der Waals surface area contributed by atoms with Crippen LogP contribution in [-0.4, -0.2) is 16.5 Å². The van der Waals surface area contributed by atoms with E-state index in [0.29, 0.717) is 0 Å². The number of nitrogens with one attached hydrogen (secondary N) is 1. The number of hydrogen-bond donors (Lipinski definition) is 1. The Balaban J connectivity index is 1.92. The minimum Gasteiger partial charge on any atom is -0.312 e. The number of fused-ring (bicyclic) bond motifs is 5. The lowest BCUT2D eigenvalue weighted by Gasteiger charge is -2.23. The monoisotopic (exact) mass is 311 g/mol. The van der Waals surface area contributed by atoms with E-state index in [-0.39, 0.29) is 0 Å². The largest absolute Gasteiger partial charge is 0.312 e. The van der Waals surface area contributed by atoms with Crippen molar-refractivity contribution in [3.63, 3.8) is 0 Å². The van der Waals surface area contributed by atoms with Crippen LogP contribution in [0.5, 0.6) is 0 Å². The Hall–Kier alpha value is -2.78. The molecule has 1 aliphatic rings.